The van der Waals surface area contributed by atoms with Gasteiger partial charge in [0.1, 0.15) is 6.21 Å². The van der Waals surface area contributed by atoms with Crippen LogP contribution in [0.25, 0.3) is 0 Å². The van der Waals surface area contributed by atoms with Crippen LogP contribution in [0.15, 0.2) is 23.4 Å². The zero-order valence-electron chi connectivity index (χ0n) is 18.2. The van der Waals surface area contributed by atoms with Crippen molar-refractivity contribution in [2.75, 3.05) is 11.9 Å². The largest absolute Gasteiger partial charge is 0.386 e. The molecule has 4 bridgehead atoms. The molecule has 6 heteroatoms. The minimum absolute atomic E-state index is 0.152. The standard InChI is InChI=1S/C24H33N3O3/c1-15-4-5-21(16(2)6-15)27-22(28)13-25-30-14-23(29)26-17(3)24-10-18-7-19(11-24)9-20(8-18)12-24/h4-6,13,17-20H,7-12,14H2,1-3H3,(H,26,29)(H,27,28)/b25-13-/t17-,18?,19?,20?,24?/m0/s1. The van der Waals surface area contributed by atoms with Crippen molar-refractivity contribution >= 4 is 23.7 Å². The summed E-state index contributed by atoms with van der Waals surface area (Å²) in [5.41, 5.74) is 3.12. The van der Waals surface area contributed by atoms with E-state index in [0.29, 0.717) is 0 Å². The van der Waals surface area contributed by atoms with Gasteiger partial charge in [0.05, 0.1) is 0 Å². The fourth-order valence-corrected chi connectivity index (χ4v) is 6.44. The summed E-state index contributed by atoms with van der Waals surface area (Å²) < 4.78 is 0. The molecule has 2 N–H and O–H groups in total. The number of benzene rings is 1. The smallest absolute Gasteiger partial charge is 0.270 e. The third-order valence-electron chi connectivity index (χ3n) is 7.46. The molecule has 0 spiro atoms. The second kappa shape index (κ2) is 8.40. The Hall–Kier alpha value is -2.37. The van der Waals surface area contributed by atoms with Crippen molar-refractivity contribution in [2.45, 2.75) is 65.3 Å². The zero-order chi connectivity index (χ0) is 21.3. The highest BCUT2D eigenvalue weighted by molar-refractivity contribution is 6.31. The van der Waals surface area contributed by atoms with Crippen LogP contribution in [0.1, 0.15) is 56.6 Å². The molecule has 2 amide bonds. The van der Waals surface area contributed by atoms with E-state index in [1.807, 2.05) is 32.0 Å². The molecule has 4 aliphatic rings. The SMILES string of the molecule is Cc1ccc(NC(=O)/C=N\OCC(=O)N[C@@H](C)C23CC4CC(CC(C4)C2)C3)c(C)c1. The van der Waals surface area contributed by atoms with Gasteiger partial charge in [-0.05, 0) is 94.1 Å². The van der Waals surface area contributed by atoms with Crippen molar-refractivity contribution < 1.29 is 14.4 Å². The zero-order valence-corrected chi connectivity index (χ0v) is 18.2. The second-order valence-electron chi connectivity index (χ2n) is 9.88. The molecular formula is C24H33N3O3. The van der Waals surface area contributed by atoms with Crippen LogP contribution < -0.4 is 10.6 Å². The predicted octanol–water partition coefficient (Wildman–Crippen LogP) is 3.97. The highest BCUT2D eigenvalue weighted by atomic mass is 16.6. The monoisotopic (exact) mass is 411 g/mol. The summed E-state index contributed by atoms with van der Waals surface area (Å²) in [7, 11) is 0. The summed E-state index contributed by atoms with van der Waals surface area (Å²) in [6, 6.07) is 5.94. The number of aryl methyl sites for hydroxylation is 2. The number of amides is 2. The summed E-state index contributed by atoms with van der Waals surface area (Å²) in [6.07, 6.45) is 8.98. The van der Waals surface area contributed by atoms with Crippen molar-refractivity contribution in [2.24, 2.45) is 28.3 Å². The molecule has 1 aromatic carbocycles. The van der Waals surface area contributed by atoms with Crippen LogP contribution >= 0.6 is 0 Å². The van der Waals surface area contributed by atoms with E-state index in [1.54, 1.807) is 0 Å². The van der Waals surface area contributed by atoms with Gasteiger partial charge in [0.25, 0.3) is 11.8 Å². The normalized spacial score (nSPS) is 30.3. The van der Waals surface area contributed by atoms with Crippen LogP contribution in [-0.2, 0) is 14.4 Å². The van der Waals surface area contributed by atoms with E-state index in [1.165, 1.54) is 38.5 Å². The number of nitrogens with one attached hydrogen (secondary N) is 2. The number of oxime groups is 1. The Morgan fingerprint density at radius 1 is 1.17 bits per heavy atom. The van der Waals surface area contributed by atoms with E-state index in [-0.39, 0.29) is 29.9 Å². The fourth-order valence-electron chi connectivity index (χ4n) is 6.44. The lowest BCUT2D eigenvalue weighted by molar-refractivity contribution is -0.130. The van der Waals surface area contributed by atoms with E-state index >= 15 is 0 Å². The lowest BCUT2D eigenvalue weighted by Gasteiger charge is -2.59. The van der Waals surface area contributed by atoms with E-state index in [4.69, 9.17) is 4.84 Å². The first-order chi connectivity index (χ1) is 14.3. The van der Waals surface area contributed by atoms with Crippen molar-refractivity contribution in [1.82, 2.24) is 5.32 Å². The molecule has 1 aromatic rings. The Bertz CT molecular complexity index is 813. The summed E-state index contributed by atoms with van der Waals surface area (Å²) in [4.78, 5) is 29.4. The molecule has 6 nitrogen and oxygen atoms in total. The average Bonchev–Trinajstić information content (AvgIpc) is 2.66. The molecule has 0 heterocycles. The Kier molecular flexibility index (Phi) is 5.85. The highest BCUT2D eigenvalue weighted by Gasteiger charge is 2.53. The molecule has 162 valence electrons. The molecule has 0 saturated heterocycles. The van der Waals surface area contributed by atoms with Crippen LogP contribution in [0.4, 0.5) is 5.69 Å². The third kappa shape index (κ3) is 4.52. The van der Waals surface area contributed by atoms with Gasteiger partial charge in [-0.25, -0.2) is 0 Å². The molecule has 0 radical (unpaired) electrons. The van der Waals surface area contributed by atoms with E-state index in [9.17, 15) is 9.59 Å². The van der Waals surface area contributed by atoms with E-state index in [2.05, 4.69) is 22.7 Å². The Labute approximate surface area is 178 Å². The summed E-state index contributed by atoms with van der Waals surface area (Å²) in [5, 5.41) is 9.56. The van der Waals surface area contributed by atoms with Crippen LogP contribution in [0.5, 0.6) is 0 Å². The molecule has 30 heavy (non-hydrogen) atoms. The third-order valence-corrected chi connectivity index (χ3v) is 7.46. The number of rotatable bonds is 7. The van der Waals surface area contributed by atoms with Gasteiger partial charge in [-0.15, -0.1) is 0 Å². The van der Waals surface area contributed by atoms with Gasteiger partial charge in [0.15, 0.2) is 6.61 Å². The van der Waals surface area contributed by atoms with Crippen LogP contribution in [-0.4, -0.2) is 30.7 Å². The molecular weight excluding hydrogens is 378 g/mol. The lowest BCUT2D eigenvalue weighted by Crippen LogP contribution is -2.56. The van der Waals surface area contributed by atoms with Crippen LogP contribution in [0.2, 0.25) is 0 Å². The van der Waals surface area contributed by atoms with Gasteiger partial charge in [0, 0.05) is 11.7 Å². The molecule has 5 rings (SSSR count). The number of nitrogens with zero attached hydrogens (tertiary/aromatic N) is 1. The number of hydrogen-bond donors (Lipinski definition) is 2. The number of carbonyl (C=O) groups is 2. The van der Waals surface area contributed by atoms with Crippen molar-refractivity contribution in [3.05, 3.63) is 29.3 Å². The maximum atomic E-state index is 12.3. The van der Waals surface area contributed by atoms with Crippen molar-refractivity contribution in [3.8, 4) is 0 Å². The topological polar surface area (TPSA) is 79.8 Å². The Balaban J connectivity index is 1.21. The first kappa shape index (κ1) is 20.9. The highest BCUT2D eigenvalue weighted by Crippen LogP contribution is 2.61. The number of anilines is 1. The van der Waals surface area contributed by atoms with Crippen LogP contribution in [0, 0.1) is 37.0 Å². The minimum Gasteiger partial charge on any atom is -0.386 e. The molecule has 0 unspecified atom stereocenters. The Morgan fingerprint density at radius 2 is 1.80 bits per heavy atom. The summed E-state index contributed by atoms with van der Waals surface area (Å²) in [5.74, 6) is 2.00. The van der Waals surface area contributed by atoms with Gasteiger partial charge < -0.3 is 15.5 Å². The number of carbonyl (C=O) groups excluding carboxylic acids is 2. The lowest BCUT2D eigenvalue weighted by atomic mass is 9.48. The van der Waals surface area contributed by atoms with E-state index < -0.39 is 0 Å². The maximum absolute atomic E-state index is 12.3. The second-order valence-corrected chi connectivity index (χ2v) is 9.88. The fraction of sp³-hybridized carbons (Fsp3) is 0.625. The quantitative estimate of drug-likeness (QED) is 0.526. The molecule has 1 atom stereocenters. The summed E-state index contributed by atoms with van der Waals surface area (Å²) in [6.45, 7) is 5.91. The van der Waals surface area contributed by atoms with Gasteiger partial charge >= 0.3 is 0 Å². The number of hydrogen-bond acceptors (Lipinski definition) is 4. The van der Waals surface area contributed by atoms with Gasteiger partial charge in [-0.3, -0.25) is 9.59 Å². The maximum Gasteiger partial charge on any atom is 0.270 e. The van der Waals surface area contributed by atoms with Crippen molar-refractivity contribution in [3.63, 3.8) is 0 Å². The molecule has 0 aliphatic heterocycles. The predicted molar refractivity (Wildman–Crippen MR) is 117 cm³/mol. The first-order valence-corrected chi connectivity index (χ1v) is 11.2. The summed E-state index contributed by atoms with van der Waals surface area (Å²) >= 11 is 0. The van der Waals surface area contributed by atoms with Crippen molar-refractivity contribution in [1.29, 1.82) is 0 Å². The molecule has 0 aromatic heterocycles. The van der Waals surface area contributed by atoms with Gasteiger partial charge in [-0.2, -0.15) is 0 Å². The Morgan fingerprint density at radius 3 is 2.40 bits per heavy atom. The first-order valence-electron chi connectivity index (χ1n) is 11.2. The molecule has 4 aliphatic carbocycles. The minimum atomic E-state index is -0.385. The van der Waals surface area contributed by atoms with Gasteiger partial charge in [-0.1, -0.05) is 22.9 Å². The van der Waals surface area contributed by atoms with Crippen LogP contribution in [0.3, 0.4) is 0 Å². The van der Waals surface area contributed by atoms with E-state index in [0.717, 1.165) is 40.8 Å². The molecule has 4 fully saturated rings. The average molecular weight is 412 g/mol. The van der Waals surface area contributed by atoms with Gasteiger partial charge in [0.2, 0.25) is 0 Å². The molecule has 4 saturated carbocycles.